The van der Waals surface area contributed by atoms with Crippen LogP contribution in [0.2, 0.25) is 0 Å². The number of nitrogens with one attached hydrogen (secondary N) is 1. The maximum Gasteiger partial charge on any atom is 0.295 e. The fourth-order valence-corrected chi connectivity index (χ4v) is 1.82. The van der Waals surface area contributed by atoms with Gasteiger partial charge >= 0.3 is 0 Å². The summed E-state index contributed by atoms with van der Waals surface area (Å²) in [6, 6.07) is 6.58. The molecule has 0 unspecified atom stereocenters. The van der Waals surface area contributed by atoms with E-state index in [1.807, 2.05) is 6.92 Å². The molecule has 6 nitrogen and oxygen atoms in total. The number of para-hydroxylation sites is 1. The van der Waals surface area contributed by atoms with E-state index in [-0.39, 0.29) is 5.69 Å². The highest BCUT2D eigenvalue weighted by Crippen LogP contribution is 2.29. The summed E-state index contributed by atoms with van der Waals surface area (Å²) >= 11 is 0. The Balaban J connectivity index is 2.30. The summed E-state index contributed by atoms with van der Waals surface area (Å²) in [5.41, 5.74) is 0.350. The van der Waals surface area contributed by atoms with Crippen molar-refractivity contribution < 1.29 is 9.66 Å². The van der Waals surface area contributed by atoms with E-state index in [0.717, 1.165) is 13.1 Å². The molecule has 0 saturated heterocycles. The SMILES string of the molecule is CCNCCOc1ccnc2c([N+](=O)[O-])cccc12. The summed E-state index contributed by atoms with van der Waals surface area (Å²) in [5, 5.41) is 14.7. The predicted molar refractivity (Wildman–Crippen MR) is 72.4 cm³/mol. The van der Waals surface area contributed by atoms with Crippen LogP contribution in [-0.2, 0) is 0 Å². The molecule has 1 aromatic carbocycles. The lowest BCUT2D eigenvalue weighted by molar-refractivity contribution is -0.383. The average molecular weight is 261 g/mol. The number of aromatic nitrogens is 1. The summed E-state index contributed by atoms with van der Waals surface area (Å²) in [7, 11) is 0. The molecule has 0 aliphatic heterocycles. The maximum absolute atomic E-state index is 10.9. The lowest BCUT2D eigenvalue weighted by atomic mass is 10.2. The van der Waals surface area contributed by atoms with E-state index in [9.17, 15) is 10.1 Å². The van der Waals surface area contributed by atoms with Crippen molar-refractivity contribution in [2.75, 3.05) is 19.7 Å². The van der Waals surface area contributed by atoms with E-state index in [0.29, 0.717) is 23.3 Å². The fraction of sp³-hybridized carbons (Fsp3) is 0.308. The van der Waals surface area contributed by atoms with E-state index in [1.54, 1.807) is 18.2 Å². The van der Waals surface area contributed by atoms with E-state index >= 15 is 0 Å². The van der Waals surface area contributed by atoms with Crippen LogP contribution in [0.4, 0.5) is 5.69 Å². The van der Waals surface area contributed by atoms with E-state index in [1.165, 1.54) is 12.3 Å². The molecule has 100 valence electrons. The first-order valence-corrected chi connectivity index (χ1v) is 6.09. The van der Waals surface area contributed by atoms with Crippen molar-refractivity contribution in [3.8, 4) is 5.75 Å². The fourth-order valence-electron chi connectivity index (χ4n) is 1.82. The zero-order valence-electron chi connectivity index (χ0n) is 10.6. The highest BCUT2D eigenvalue weighted by molar-refractivity contribution is 5.91. The summed E-state index contributed by atoms with van der Waals surface area (Å²) in [5.74, 6) is 0.617. The number of nitro benzene ring substituents is 1. The molecular formula is C13H15N3O3. The normalized spacial score (nSPS) is 10.6. The first kappa shape index (κ1) is 13.2. The van der Waals surface area contributed by atoms with Gasteiger partial charge in [-0.3, -0.25) is 10.1 Å². The number of benzene rings is 1. The van der Waals surface area contributed by atoms with Gasteiger partial charge in [-0.05, 0) is 18.7 Å². The molecule has 0 spiro atoms. The molecule has 0 amide bonds. The Morgan fingerprint density at radius 1 is 1.42 bits per heavy atom. The zero-order valence-corrected chi connectivity index (χ0v) is 10.6. The Labute approximate surface area is 110 Å². The minimum absolute atomic E-state index is 0.00497. The molecule has 0 aliphatic carbocycles. The van der Waals surface area contributed by atoms with E-state index < -0.39 is 4.92 Å². The molecular weight excluding hydrogens is 246 g/mol. The predicted octanol–water partition coefficient (Wildman–Crippen LogP) is 2.13. The lowest BCUT2D eigenvalue weighted by Gasteiger charge is -2.09. The smallest absolute Gasteiger partial charge is 0.295 e. The number of fused-ring (bicyclic) bond motifs is 1. The second-order valence-corrected chi connectivity index (χ2v) is 3.94. The Kier molecular flexibility index (Phi) is 4.25. The Bertz CT molecular complexity index is 586. The average Bonchev–Trinajstić information content (AvgIpc) is 2.43. The van der Waals surface area contributed by atoms with Gasteiger partial charge in [0.15, 0.2) is 5.52 Å². The second-order valence-electron chi connectivity index (χ2n) is 3.94. The van der Waals surface area contributed by atoms with Crippen molar-refractivity contribution in [2.45, 2.75) is 6.92 Å². The third kappa shape index (κ3) is 2.97. The van der Waals surface area contributed by atoms with Gasteiger partial charge in [-0.15, -0.1) is 0 Å². The highest BCUT2D eigenvalue weighted by atomic mass is 16.6. The molecule has 2 aromatic rings. The van der Waals surface area contributed by atoms with Gasteiger partial charge < -0.3 is 10.1 Å². The van der Waals surface area contributed by atoms with Crippen LogP contribution < -0.4 is 10.1 Å². The number of nitrogens with zero attached hydrogens (tertiary/aromatic N) is 2. The zero-order chi connectivity index (χ0) is 13.7. The maximum atomic E-state index is 10.9. The summed E-state index contributed by atoms with van der Waals surface area (Å²) < 4.78 is 5.63. The van der Waals surface area contributed by atoms with Crippen LogP contribution in [0.3, 0.4) is 0 Å². The number of hydrogen-bond acceptors (Lipinski definition) is 5. The van der Waals surface area contributed by atoms with Gasteiger partial charge in [0.25, 0.3) is 5.69 Å². The number of hydrogen-bond donors (Lipinski definition) is 1. The van der Waals surface area contributed by atoms with Gasteiger partial charge in [0.05, 0.1) is 4.92 Å². The van der Waals surface area contributed by atoms with Crippen molar-refractivity contribution in [1.82, 2.24) is 10.3 Å². The topological polar surface area (TPSA) is 77.3 Å². The van der Waals surface area contributed by atoms with Gasteiger partial charge in [0, 0.05) is 24.2 Å². The standard InChI is InChI=1S/C13H15N3O3/c1-2-14-8-9-19-12-6-7-15-13-10(12)4-3-5-11(13)16(17)18/h3-7,14H,2,8-9H2,1H3. The third-order valence-corrected chi connectivity index (χ3v) is 2.69. The van der Waals surface area contributed by atoms with Gasteiger partial charge in [-0.25, -0.2) is 4.98 Å². The van der Waals surface area contributed by atoms with E-state index in [2.05, 4.69) is 10.3 Å². The van der Waals surface area contributed by atoms with Crippen LogP contribution in [0, 0.1) is 10.1 Å². The Hall–Kier alpha value is -2.21. The monoisotopic (exact) mass is 261 g/mol. The lowest BCUT2D eigenvalue weighted by Crippen LogP contribution is -2.20. The van der Waals surface area contributed by atoms with Crippen LogP contribution in [0.5, 0.6) is 5.75 Å². The molecule has 1 N–H and O–H groups in total. The van der Waals surface area contributed by atoms with Gasteiger partial charge in [0.1, 0.15) is 12.4 Å². The molecule has 6 heteroatoms. The van der Waals surface area contributed by atoms with Gasteiger partial charge in [-0.1, -0.05) is 13.0 Å². The van der Waals surface area contributed by atoms with Gasteiger partial charge in [0.2, 0.25) is 0 Å². The number of non-ortho nitro benzene ring substituents is 1. The minimum atomic E-state index is -0.433. The second kappa shape index (κ2) is 6.10. The van der Waals surface area contributed by atoms with E-state index in [4.69, 9.17) is 4.74 Å². The first-order valence-electron chi connectivity index (χ1n) is 6.09. The molecule has 0 fully saturated rings. The highest BCUT2D eigenvalue weighted by Gasteiger charge is 2.14. The number of pyridine rings is 1. The van der Waals surface area contributed by atoms with Crippen molar-refractivity contribution in [1.29, 1.82) is 0 Å². The molecule has 1 heterocycles. The molecule has 0 saturated carbocycles. The quantitative estimate of drug-likeness (QED) is 0.489. The molecule has 1 aromatic heterocycles. The largest absolute Gasteiger partial charge is 0.491 e. The number of likely N-dealkylation sites (N-methyl/N-ethyl adjacent to an activating group) is 1. The molecule has 19 heavy (non-hydrogen) atoms. The summed E-state index contributed by atoms with van der Waals surface area (Å²) in [6.07, 6.45) is 1.53. The molecule has 0 bridgehead atoms. The minimum Gasteiger partial charge on any atom is -0.491 e. The molecule has 0 atom stereocenters. The number of rotatable bonds is 6. The number of nitro groups is 1. The molecule has 0 aliphatic rings. The van der Waals surface area contributed by atoms with Crippen LogP contribution in [0.1, 0.15) is 6.92 Å². The van der Waals surface area contributed by atoms with Crippen LogP contribution in [0.15, 0.2) is 30.5 Å². The molecule has 2 rings (SSSR count). The van der Waals surface area contributed by atoms with Crippen molar-refractivity contribution >= 4 is 16.6 Å². The van der Waals surface area contributed by atoms with Crippen LogP contribution in [0.25, 0.3) is 10.9 Å². The first-order chi connectivity index (χ1) is 9.24. The number of ether oxygens (including phenoxy) is 1. The molecule has 0 radical (unpaired) electrons. The third-order valence-electron chi connectivity index (χ3n) is 2.69. The Morgan fingerprint density at radius 3 is 3.00 bits per heavy atom. The van der Waals surface area contributed by atoms with Crippen molar-refractivity contribution in [2.24, 2.45) is 0 Å². The summed E-state index contributed by atoms with van der Waals surface area (Å²) in [4.78, 5) is 14.6. The van der Waals surface area contributed by atoms with Crippen LogP contribution >= 0.6 is 0 Å². The summed E-state index contributed by atoms with van der Waals surface area (Å²) in [6.45, 7) is 4.14. The van der Waals surface area contributed by atoms with Crippen LogP contribution in [-0.4, -0.2) is 29.6 Å². The van der Waals surface area contributed by atoms with Crippen molar-refractivity contribution in [3.63, 3.8) is 0 Å². The Morgan fingerprint density at radius 2 is 2.26 bits per heavy atom. The van der Waals surface area contributed by atoms with Gasteiger partial charge in [-0.2, -0.15) is 0 Å². The van der Waals surface area contributed by atoms with Crippen molar-refractivity contribution in [3.05, 3.63) is 40.6 Å².